The van der Waals surface area contributed by atoms with Gasteiger partial charge in [-0.15, -0.1) is 0 Å². The van der Waals surface area contributed by atoms with Crippen molar-refractivity contribution in [2.24, 2.45) is 0 Å². The van der Waals surface area contributed by atoms with Gasteiger partial charge in [0.1, 0.15) is 24.6 Å². The molecule has 0 spiro atoms. The molecule has 4 rings (SSSR count). The van der Waals surface area contributed by atoms with Crippen molar-refractivity contribution >= 4 is 17.5 Å². The summed E-state index contributed by atoms with van der Waals surface area (Å²) in [6, 6.07) is 5.52. The number of fused-ring (bicyclic) bond motifs is 3. The third-order valence-corrected chi connectivity index (χ3v) is 6.32. The van der Waals surface area contributed by atoms with Crippen molar-refractivity contribution in [2.75, 3.05) is 58.9 Å². The Labute approximate surface area is 182 Å². The highest BCUT2D eigenvalue weighted by molar-refractivity contribution is 5.92. The number of hydrogen-bond acceptors (Lipinski definition) is 7. The number of nitrogens with zero attached hydrogens (tertiary/aromatic N) is 2. The summed E-state index contributed by atoms with van der Waals surface area (Å²) in [4.78, 5) is 28.8. The van der Waals surface area contributed by atoms with Crippen molar-refractivity contribution in [3.05, 3.63) is 23.8 Å². The van der Waals surface area contributed by atoms with Gasteiger partial charge in [0.25, 0.3) is 0 Å². The lowest BCUT2D eigenvalue weighted by Gasteiger charge is -2.38. The average molecular weight is 434 g/mol. The van der Waals surface area contributed by atoms with E-state index in [1.54, 1.807) is 6.07 Å². The van der Waals surface area contributed by atoms with Crippen molar-refractivity contribution in [1.82, 2.24) is 9.80 Å². The van der Waals surface area contributed by atoms with Crippen molar-refractivity contribution in [3.63, 3.8) is 0 Å². The Bertz CT molecular complexity index is 810. The summed E-state index contributed by atoms with van der Waals surface area (Å²) in [6.07, 6.45) is -0.165. The summed E-state index contributed by atoms with van der Waals surface area (Å²) < 4.78 is 17.0. The fourth-order valence-electron chi connectivity index (χ4n) is 4.67. The Morgan fingerprint density at radius 1 is 1.26 bits per heavy atom. The van der Waals surface area contributed by atoms with E-state index in [-0.39, 0.29) is 43.2 Å². The highest BCUT2D eigenvalue weighted by Crippen LogP contribution is 2.47. The molecule has 2 saturated heterocycles. The number of aliphatic hydroxyl groups excluding tert-OH is 1. The summed E-state index contributed by atoms with van der Waals surface area (Å²) in [7, 11) is 3.53. The second-order valence-electron chi connectivity index (χ2n) is 8.53. The Morgan fingerprint density at radius 3 is 2.74 bits per heavy atom. The SMILES string of the molecule is COCC(=O)Nc1ccc2c(c1)[C@H]1C[C@H](CC(=O)N3CCN(C)CC3)O[C@H](CO)[C@H]1O2. The van der Waals surface area contributed by atoms with Gasteiger partial charge >= 0.3 is 0 Å². The molecular formula is C22H31N3O6. The molecule has 1 aromatic carbocycles. The van der Waals surface area contributed by atoms with Gasteiger partial charge in [0.15, 0.2) is 0 Å². The Balaban J connectivity index is 1.46. The molecule has 0 saturated carbocycles. The van der Waals surface area contributed by atoms with E-state index in [1.165, 1.54) is 7.11 Å². The fourth-order valence-corrected chi connectivity index (χ4v) is 4.67. The Hall–Kier alpha value is -2.20. The molecule has 2 fully saturated rings. The maximum absolute atomic E-state index is 12.8. The van der Waals surface area contributed by atoms with Gasteiger partial charge in [0, 0.05) is 50.5 Å². The molecule has 0 aromatic heterocycles. The number of hydrogen-bond donors (Lipinski definition) is 2. The fraction of sp³-hybridized carbons (Fsp3) is 0.636. The Morgan fingerprint density at radius 2 is 2.03 bits per heavy atom. The number of ether oxygens (including phenoxy) is 3. The third-order valence-electron chi connectivity index (χ3n) is 6.32. The van der Waals surface area contributed by atoms with Gasteiger partial charge in [-0.2, -0.15) is 0 Å². The van der Waals surface area contributed by atoms with Crippen molar-refractivity contribution in [1.29, 1.82) is 0 Å². The van der Waals surface area contributed by atoms with E-state index in [9.17, 15) is 14.7 Å². The summed E-state index contributed by atoms with van der Waals surface area (Å²) >= 11 is 0. The summed E-state index contributed by atoms with van der Waals surface area (Å²) in [6.45, 7) is 3.02. The molecule has 1 aromatic rings. The van der Waals surface area contributed by atoms with E-state index >= 15 is 0 Å². The van der Waals surface area contributed by atoms with Crippen LogP contribution in [0.25, 0.3) is 0 Å². The van der Waals surface area contributed by atoms with Gasteiger partial charge in [-0.25, -0.2) is 0 Å². The van der Waals surface area contributed by atoms with Crippen LogP contribution in [-0.4, -0.2) is 98.6 Å². The van der Waals surface area contributed by atoms with E-state index < -0.39 is 6.10 Å². The van der Waals surface area contributed by atoms with Crippen LogP contribution in [0.15, 0.2) is 18.2 Å². The molecule has 3 heterocycles. The molecule has 0 radical (unpaired) electrons. The third kappa shape index (κ3) is 4.85. The lowest BCUT2D eigenvalue weighted by molar-refractivity contribution is -0.150. The monoisotopic (exact) mass is 433 g/mol. The molecular weight excluding hydrogens is 402 g/mol. The van der Waals surface area contributed by atoms with E-state index in [0.717, 1.165) is 37.5 Å². The maximum Gasteiger partial charge on any atom is 0.250 e. The minimum absolute atomic E-state index is 0.00883. The molecule has 2 amide bonds. The number of aliphatic hydroxyl groups is 1. The average Bonchev–Trinajstić information content (AvgIpc) is 3.12. The van der Waals surface area contributed by atoms with Crippen LogP contribution in [0.1, 0.15) is 24.3 Å². The van der Waals surface area contributed by atoms with E-state index in [0.29, 0.717) is 18.5 Å². The zero-order chi connectivity index (χ0) is 22.0. The van der Waals surface area contributed by atoms with Gasteiger partial charge in [-0.1, -0.05) is 0 Å². The van der Waals surface area contributed by atoms with Crippen molar-refractivity contribution < 1.29 is 28.9 Å². The molecule has 31 heavy (non-hydrogen) atoms. The number of likely N-dealkylation sites (N-methyl/N-ethyl adjacent to an activating group) is 1. The van der Waals surface area contributed by atoms with E-state index in [2.05, 4.69) is 17.3 Å². The first kappa shape index (κ1) is 22.0. The summed E-state index contributed by atoms with van der Waals surface area (Å²) in [5.74, 6) is 0.583. The summed E-state index contributed by atoms with van der Waals surface area (Å²) in [5, 5.41) is 12.7. The topological polar surface area (TPSA) is 101 Å². The highest BCUT2D eigenvalue weighted by Gasteiger charge is 2.46. The number of carbonyl (C=O) groups is 2. The number of anilines is 1. The largest absolute Gasteiger partial charge is 0.487 e. The van der Waals surface area contributed by atoms with Crippen LogP contribution in [0.5, 0.6) is 5.75 Å². The normalized spacial score (nSPS) is 27.9. The number of piperazine rings is 1. The van der Waals surface area contributed by atoms with Crippen LogP contribution in [0, 0.1) is 0 Å². The lowest BCUT2D eigenvalue weighted by Crippen LogP contribution is -2.50. The first-order valence-corrected chi connectivity index (χ1v) is 10.8. The van der Waals surface area contributed by atoms with Gasteiger partial charge < -0.3 is 34.4 Å². The maximum atomic E-state index is 12.8. The van der Waals surface area contributed by atoms with Crippen LogP contribution < -0.4 is 10.1 Å². The van der Waals surface area contributed by atoms with Gasteiger partial charge in [0.05, 0.1) is 19.1 Å². The van der Waals surface area contributed by atoms with Gasteiger partial charge in [-0.3, -0.25) is 9.59 Å². The first-order valence-electron chi connectivity index (χ1n) is 10.8. The number of nitrogens with one attached hydrogen (secondary N) is 1. The van der Waals surface area contributed by atoms with E-state index in [1.807, 2.05) is 17.0 Å². The van der Waals surface area contributed by atoms with Crippen LogP contribution in [0.3, 0.4) is 0 Å². The number of benzene rings is 1. The zero-order valence-electron chi connectivity index (χ0n) is 18.1. The van der Waals surface area contributed by atoms with Crippen molar-refractivity contribution in [3.8, 4) is 5.75 Å². The quantitative estimate of drug-likeness (QED) is 0.671. The van der Waals surface area contributed by atoms with Crippen LogP contribution in [0.4, 0.5) is 5.69 Å². The molecule has 2 N–H and O–H groups in total. The second kappa shape index (κ2) is 9.52. The predicted octanol–water partition coefficient (Wildman–Crippen LogP) is 0.430. The van der Waals surface area contributed by atoms with Gasteiger partial charge in [0.2, 0.25) is 11.8 Å². The summed E-state index contributed by atoms with van der Waals surface area (Å²) in [5.41, 5.74) is 1.64. The highest BCUT2D eigenvalue weighted by atomic mass is 16.6. The number of rotatable bonds is 6. The molecule has 0 unspecified atom stereocenters. The number of methoxy groups -OCH3 is 1. The molecule has 0 aliphatic carbocycles. The molecule has 170 valence electrons. The smallest absolute Gasteiger partial charge is 0.250 e. The van der Waals surface area contributed by atoms with Crippen LogP contribution in [0.2, 0.25) is 0 Å². The first-order chi connectivity index (χ1) is 15.0. The second-order valence-corrected chi connectivity index (χ2v) is 8.53. The number of amides is 2. The lowest BCUT2D eigenvalue weighted by atomic mass is 9.84. The predicted molar refractivity (Wildman–Crippen MR) is 113 cm³/mol. The molecule has 4 atom stereocenters. The molecule has 3 aliphatic heterocycles. The molecule has 9 nitrogen and oxygen atoms in total. The van der Waals surface area contributed by atoms with Crippen molar-refractivity contribution in [2.45, 2.75) is 37.1 Å². The zero-order valence-corrected chi connectivity index (χ0v) is 18.1. The standard InChI is InChI=1S/C22H31N3O6/c1-24-5-7-25(8-6-24)21(28)11-15-10-17-16-9-14(23-20(27)13-29-2)3-4-18(16)31-22(17)19(12-26)30-15/h3-4,9,15,17,19,22,26H,5-8,10-13H2,1-2H3,(H,23,27)/t15-,17-,19-,22+/m1/s1. The minimum Gasteiger partial charge on any atom is -0.487 e. The van der Waals surface area contributed by atoms with Crippen LogP contribution in [-0.2, 0) is 19.1 Å². The van der Waals surface area contributed by atoms with Gasteiger partial charge in [-0.05, 0) is 31.7 Å². The molecule has 9 heteroatoms. The van der Waals surface area contributed by atoms with E-state index in [4.69, 9.17) is 14.2 Å². The molecule has 0 bridgehead atoms. The molecule has 3 aliphatic rings. The minimum atomic E-state index is -0.497. The van der Waals surface area contributed by atoms with Crippen LogP contribution >= 0.6 is 0 Å². The number of carbonyl (C=O) groups excluding carboxylic acids is 2. The Kier molecular flexibility index (Phi) is 6.76.